The SMILES string of the molecule is CC(C)(C)OC(=O)NCC(=O)N(C(=O)NC1CCCCC1)C1CCCCC1.CCC(=O)O. The van der Waals surface area contributed by atoms with Crippen LogP contribution in [0, 0.1) is 0 Å². The Kier molecular flexibility index (Phi) is 12.1. The maximum Gasteiger partial charge on any atom is 0.408 e. The van der Waals surface area contributed by atoms with Crippen molar-refractivity contribution in [3.63, 3.8) is 0 Å². The molecule has 0 unspecified atom stereocenters. The number of imide groups is 1. The number of carbonyl (C=O) groups excluding carboxylic acids is 3. The molecule has 0 atom stereocenters. The molecule has 0 spiro atoms. The van der Waals surface area contributed by atoms with E-state index in [1.54, 1.807) is 27.7 Å². The van der Waals surface area contributed by atoms with Crippen molar-refractivity contribution in [1.29, 1.82) is 0 Å². The second-order valence-corrected chi connectivity index (χ2v) is 9.44. The van der Waals surface area contributed by atoms with Crippen molar-refractivity contribution in [2.24, 2.45) is 0 Å². The van der Waals surface area contributed by atoms with Gasteiger partial charge in [-0.25, -0.2) is 9.59 Å². The van der Waals surface area contributed by atoms with Crippen LogP contribution in [-0.4, -0.2) is 58.2 Å². The zero-order chi connectivity index (χ0) is 24.1. The van der Waals surface area contributed by atoms with Crippen molar-refractivity contribution in [2.45, 2.75) is 116 Å². The highest BCUT2D eigenvalue weighted by Crippen LogP contribution is 2.24. The number of rotatable bonds is 5. The van der Waals surface area contributed by atoms with E-state index < -0.39 is 17.7 Å². The Labute approximate surface area is 191 Å². The van der Waals surface area contributed by atoms with Crippen LogP contribution >= 0.6 is 0 Å². The molecule has 2 aliphatic carbocycles. The van der Waals surface area contributed by atoms with Crippen LogP contribution in [0.1, 0.15) is 98.3 Å². The lowest BCUT2D eigenvalue weighted by Gasteiger charge is -2.34. The number of carboxylic acids is 1. The highest BCUT2D eigenvalue weighted by molar-refractivity contribution is 5.97. The number of urea groups is 1. The van der Waals surface area contributed by atoms with Crippen LogP contribution in [0.4, 0.5) is 9.59 Å². The van der Waals surface area contributed by atoms with Crippen LogP contribution in [-0.2, 0) is 14.3 Å². The summed E-state index contributed by atoms with van der Waals surface area (Å²) in [6, 6.07) is -0.260. The molecule has 2 aliphatic rings. The number of carboxylic acid groups (broad SMARTS) is 1. The van der Waals surface area contributed by atoms with Crippen molar-refractivity contribution >= 4 is 24.0 Å². The quantitative estimate of drug-likeness (QED) is 0.571. The second-order valence-electron chi connectivity index (χ2n) is 9.44. The smallest absolute Gasteiger partial charge is 0.408 e. The summed E-state index contributed by atoms with van der Waals surface area (Å²) in [5.41, 5.74) is -0.630. The van der Waals surface area contributed by atoms with E-state index in [0.717, 1.165) is 57.8 Å². The van der Waals surface area contributed by atoms with Gasteiger partial charge in [0.15, 0.2) is 0 Å². The fraction of sp³-hybridized carbons (Fsp3) is 0.826. The maximum atomic E-state index is 12.9. The molecule has 9 nitrogen and oxygen atoms in total. The van der Waals surface area contributed by atoms with E-state index in [4.69, 9.17) is 9.84 Å². The maximum absolute atomic E-state index is 12.9. The third-order valence-corrected chi connectivity index (χ3v) is 5.45. The molecule has 0 radical (unpaired) electrons. The summed E-state index contributed by atoms with van der Waals surface area (Å²) in [7, 11) is 0. The molecule has 0 aromatic carbocycles. The van der Waals surface area contributed by atoms with Crippen LogP contribution in [0.3, 0.4) is 0 Å². The van der Waals surface area contributed by atoms with Crippen LogP contribution in [0.5, 0.6) is 0 Å². The van der Waals surface area contributed by atoms with Crippen LogP contribution in [0.25, 0.3) is 0 Å². The van der Waals surface area contributed by atoms with Gasteiger partial charge in [0.25, 0.3) is 0 Å². The normalized spacial score (nSPS) is 17.4. The second kappa shape index (κ2) is 14.0. The Morgan fingerprint density at radius 3 is 1.91 bits per heavy atom. The number of ether oxygens (including phenoxy) is 1. The summed E-state index contributed by atoms with van der Waals surface area (Å²) in [5.74, 6) is -1.12. The van der Waals surface area contributed by atoms with Gasteiger partial charge in [-0.2, -0.15) is 0 Å². The Bertz CT molecular complexity index is 620. The van der Waals surface area contributed by atoms with Crippen LogP contribution in [0.15, 0.2) is 0 Å². The van der Waals surface area contributed by atoms with Gasteiger partial charge in [-0.05, 0) is 46.5 Å². The number of amides is 4. The summed E-state index contributed by atoms with van der Waals surface area (Å²) >= 11 is 0. The zero-order valence-corrected chi connectivity index (χ0v) is 20.1. The largest absolute Gasteiger partial charge is 0.481 e. The van der Waals surface area contributed by atoms with Gasteiger partial charge in [-0.3, -0.25) is 14.5 Å². The van der Waals surface area contributed by atoms with E-state index in [-0.39, 0.29) is 37.0 Å². The molecule has 0 aliphatic heterocycles. The molecule has 0 saturated heterocycles. The lowest BCUT2D eigenvalue weighted by molar-refractivity contribution is -0.136. The summed E-state index contributed by atoms with van der Waals surface area (Å²) in [6.45, 7) is 6.66. The van der Waals surface area contributed by atoms with Gasteiger partial charge in [-0.15, -0.1) is 0 Å². The summed E-state index contributed by atoms with van der Waals surface area (Å²) in [6.07, 6.45) is 9.78. The van der Waals surface area contributed by atoms with E-state index in [1.807, 2.05) is 0 Å². The molecule has 184 valence electrons. The Hall–Kier alpha value is -2.32. The first kappa shape index (κ1) is 27.7. The molecule has 0 aromatic heterocycles. The van der Waals surface area contributed by atoms with Gasteiger partial charge < -0.3 is 20.5 Å². The number of nitrogens with zero attached hydrogens (tertiary/aromatic N) is 1. The molecule has 0 heterocycles. The van der Waals surface area contributed by atoms with Gasteiger partial charge in [0.05, 0.1) is 0 Å². The fourth-order valence-electron chi connectivity index (χ4n) is 3.86. The lowest BCUT2D eigenvalue weighted by atomic mass is 9.93. The van der Waals surface area contributed by atoms with E-state index >= 15 is 0 Å². The Morgan fingerprint density at radius 1 is 0.938 bits per heavy atom. The third kappa shape index (κ3) is 11.3. The number of hydrogen-bond donors (Lipinski definition) is 3. The zero-order valence-electron chi connectivity index (χ0n) is 20.1. The summed E-state index contributed by atoms with van der Waals surface area (Å²) in [5, 5.41) is 13.3. The van der Waals surface area contributed by atoms with Crippen molar-refractivity contribution < 1.29 is 29.0 Å². The highest BCUT2D eigenvalue weighted by Gasteiger charge is 2.32. The minimum atomic E-state index is -0.745. The third-order valence-electron chi connectivity index (χ3n) is 5.45. The minimum absolute atomic E-state index is 0.0877. The molecular formula is C23H41N3O6. The molecule has 2 fully saturated rings. The van der Waals surface area contributed by atoms with E-state index in [9.17, 15) is 19.2 Å². The number of hydrogen-bond acceptors (Lipinski definition) is 5. The van der Waals surface area contributed by atoms with Crippen molar-refractivity contribution in [2.75, 3.05) is 6.54 Å². The highest BCUT2D eigenvalue weighted by atomic mass is 16.6. The number of aliphatic carboxylic acids is 1. The monoisotopic (exact) mass is 455 g/mol. The van der Waals surface area contributed by atoms with Gasteiger partial charge in [0.1, 0.15) is 12.1 Å². The molecule has 0 bridgehead atoms. The number of alkyl carbamates (subject to hydrolysis) is 1. The topological polar surface area (TPSA) is 125 Å². The summed E-state index contributed by atoms with van der Waals surface area (Å²) in [4.78, 5) is 48.2. The van der Waals surface area contributed by atoms with Crippen LogP contribution < -0.4 is 10.6 Å². The average Bonchev–Trinajstić information content (AvgIpc) is 2.73. The first-order valence-electron chi connectivity index (χ1n) is 11.8. The molecular weight excluding hydrogens is 414 g/mol. The van der Waals surface area contributed by atoms with E-state index in [1.165, 1.54) is 11.3 Å². The average molecular weight is 456 g/mol. The van der Waals surface area contributed by atoms with Crippen molar-refractivity contribution in [3.8, 4) is 0 Å². The van der Waals surface area contributed by atoms with Gasteiger partial charge >= 0.3 is 18.1 Å². The molecule has 4 amide bonds. The lowest BCUT2D eigenvalue weighted by Crippen LogP contribution is -2.55. The van der Waals surface area contributed by atoms with Gasteiger partial charge in [0.2, 0.25) is 5.91 Å². The first-order chi connectivity index (χ1) is 15.0. The van der Waals surface area contributed by atoms with E-state index in [0.29, 0.717) is 0 Å². The molecule has 32 heavy (non-hydrogen) atoms. The molecule has 2 saturated carbocycles. The fourth-order valence-corrected chi connectivity index (χ4v) is 3.86. The molecule has 2 rings (SSSR count). The van der Waals surface area contributed by atoms with Gasteiger partial charge in [-0.1, -0.05) is 45.4 Å². The first-order valence-corrected chi connectivity index (χ1v) is 11.8. The molecule has 9 heteroatoms. The predicted octanol–water partition coefficient (Wildman–Crippen LogP) is 4.20. The van der Waals surface area contributed by atoms with Crippen molar-refractivity contribution in [3.05, 3.63) is 0 Å². The standard InChI is InChI=1S/C20H35N3O4.C3H6O2/c1-20(2,3)27-19(26)21-14-17(24)23(16-12-8-5-9-13-16)18(25)22-15-10-6-4-7-11-15;1-2-3(4)5/h15-16H,4-14H2,1-3H3,(H,21,26)(H,22,25);2H2,1H3,(H,4,5). The Morgan fingerprint density at radius 2 is 1.44 bits per heavy atom. The van der Waals surface area contributed by atoms with Crippen LogP contribution in [0.2, 0.25) is 0 Å². The van der Waals surface area contributed by atoms with Crippen molar-refractivity contribution in [1.82, 2.24) is 15.5 Å². The number of carbonyl (C=O) groups is 4. The molecule has 3 N–H and O–H groups in total. The predicted molar refractivity (Wildman–Crippen MR) is 121 cm³/mol. The van der Waals surface area contributed by atoms with Gasteiger partial charge in [0, 0.05) is 18.5 Å². The van der Waals surface area contributed by atoms with E-state index in [2.05, 4.69) is 10.6 Å². The summed E-state index contributed by atoms with van der Waals surface area (Å²) < 4.78 is 5.17. The number of nitrogens with one attached hydrogen (secondary N) is 2. The Balaban J connectivity index is 0.000000920. The molecule has 0 aromatic rings. The minimum Gasteiger partial charge on any atom is -0.481 e.